The molecule has 0 nitrogen and oxygen atoms in total. The minimum absolute atomic E-state index is 0.472. The average Bonchev–Trinajstić information content (AvgIpc) is 3.77. The molecule has 4 atom stereocenters. The fourth-order valence-electron chi connectivity index (χ4n) is 12.5. The Hall–Kier alpha value is -2.34. The normalized spacial score (nSPS) is 29.6. The lowest BCUT2D eigenvalue weighted by Gasteiger charge is -2.39. The van der Waals surface area contributed by atoms with Crippen molar-refractivity contribution < 1.29 is 0 Å². The summed E-state index contributed by atoms with van der Waals surface area (Å²) < 4.78 is 0. The predicted molar refractivity (Wildman–Crippen MR) is 347 cm³/mol. The van der Waals surface area contributed by atoms with Gasteiger partial charge in [-0.15, -0.1) is 26.3 Å². The molecule has 0 aromatic heterocycles. The Balaban J connectivity index is 0.000000294. The van der Waals surface area contributed by atoms with E-state index >= 15 is 0 Å². The predicted octanol–water partition coefficient (Wildman–Crippen LogP) is 25.8. The van der Waals surface area contributed by atoms with Crippen molar-refractivity contribution in [3.05, 3.63) is 111 Å². The first-order valence-corrected chi connectivity index (χ1v) is 32.1. The number of hydrogen-bond acceptors (Lipinski definition) is 0. The van der Waals surface area contributed by atoms with Crippen LogP contribution in [-0.2, 0) is 0 Å². The Morgan fingerprint density at radius 2 is 0.632 bits per heavy atom. The second-order valence-corrected chi connectivity index (χ2v) is 30.5. The van der Waals surface area contributed by atoms with E-state index in [0.717, 1.165) is 11.8 Å². The summed E-state index contributed by atoms with van der Waals surface area (Å²) in [4.78, 5) is 0. The van der Waals surface area contributed by atoms with Gasteiger partial charge < -0.3 is 0 Å². The highest BCUT2D eigenvalue weighted by Gasteiger charge is 2.38. The van der Waals surface area contributed by atoms with Gasteiger partial charge in [0.15, 0.2) is 0 Å². The van der Waals surface area contributed by atoms with Gasteiger partial charge in [-0.25, -0.2) is 0 Å². The zero-order chi connectivity index (χ0) is 57.7. The van der Waals surface area contributed by atoms with Gasteiger partial charge >= 0.3 is 0 Å². The summed E-state index contributed by atoms with van der Waals surface area (Å²) in [5.74, 6) is 1.84. The molecule has 10 rings (SSSR count). The van der Waals surface area contributed by atoms with Gasteiger partial charge in [0.25, 0.3) is 0 Å². The first-order chi connectivity index (χ1) is 35.2. The second-order valence-electron chi connectivity index (χ2n) is 30.5. The summed E-state index contributed by atoms with van der Waals surface area (Å²) >= 11 is 0. The third kappa shape index (κ3) is 24.6. The van der Waals surface area contributed by atoms with Gasteiger partial charge in [-0.3, -0.25) is 0 Å². The molecule has 0 aliphatic heterocycles. The van der Waals surface area contributed by atoms with E-state index in [4.69, 9.17) is 0 Å². The number of allylic oxidation sites excluding steroid dienone is 10. The lowest BCUT2D eigenvalue weighted by Crippen LogP contribution is -2.25. The van der Waals surface area contributed by atoms with Gasteiger partial charge in [0.2, 0.25) is 0 Å². The van der Waals surface area contributed by atoms with Crippen molar-refractivity contribution in [1.29, 1.82) is 0 Å². The van der Waals surface area contributed by atoms with Gasteiger partial charge in [-0.1, -0.05) is 212 Å². The molecule has 0 bridgehead atoms. The third-order valence-electron chi connectivity index (χ3n) is 22.1. The van der Waals surface area contributed by atoms with E-state index in [1.807, 2.05) is 6.08 Å². The van der Waals surface area contributed by atoms with Crippen molar-refractivity contribution in [2.75, 3.05) is 0 Å². The molecule has 0 spiro atoms. The van der Waals surface area contributed by atoms with E-state index in [9.17, 15) is 0 Å². The van der Waals surface area contributed by atoms with Crippen LogP contribution in [0.2, 0.25) is 0 Å². The van der Waals surface area contributed by atoms with Crippen molar-refractivity contribution in [2.45, 2.75) is 309 Å². The minimum Gasteiger partial charge on any atom is -0.103 e. The molecule has 4 unspecified atom stereocenters. The summed E-state index contributed by atoms with van der Waals surface area (Å²) in [5.41, 5.74) is 11.9. The molecular weight excluding hydrogens is 913 g/mol. The fraction of sp³-hybridized carbons (Fsp3) is 0.763. The summed E-state index contributed by atoms with van der Waals surface area (Å²) in [5, 5.41) is 0. The van der Waals surface area contributed by atoms with Crippen LogP contribution in [-0.4, -0.2) is 0 Å². The van der Waals surface area contributed by atoms with Crippen molar-refractivity contribution in [3.8, 4) is 0 Å². The molecule has 436 valence electrons. The smallest absolute Gasteiger partial charge is 0.0119 e. The lowest BCUT2D eigenvalue weighted by atomic mass is 9.66. The van der Waals surface area contributed by atoms with Crippen LogP contribution in [0.3, 0.4) is 0 Å². The molecule has 10 fully saturated rings. The summed E-state index contributed by atoms with van der Waals surface area (Å²) in [6.45, 7) is 65.1. The van der Waals surface area contributed by atoms with E-state index in [1.54, 1.807) is 5.57 Å². The summed E-state index contributed by atoms with van der Waals surface area (Å²) in [7, 11) is 0. The Bertz CT molecular complexity index is 1840. The van der Waals surface area contributed by atoms with Crippen molar-refractivity contribution in [2.24, 2.45) is 60.6 Å². The van der Waals surface area contributed by atoms with Crippen LogP contribution < -0.4 is 0 Å². The lowest BCUT2D eigenvalue weighted by molar-refractivity contribution is 0.215. The van der Waals surface area contributed by atoms with Crippen molar-refractivity contribution in [3.63, 3.8) is 0 Å². The van der Waals surface area contributed by atoms with Gasteiger partial charge in [-0.05, 0) is 242 Å². The zero-order valence-corrected chi connectivity index (χ0v) is 54.3. The third-order valence-corrected chi connectivity index (χ3v) is 22.1. The molecule has 0 radical (unpaired) electrons. The Morgan fingerprint density at radius 1 is 0.329 bits per heavy atom. The average molecular weight is 1050 g/mol. The molecule has 0 N–H and O–H groups in total. The zero-order valence-electron chi connectivity index (χ0n) is 54.3. The van der Waals surface area contributed by atoms with Crippen LogP contribution in [0.15, 0.2) is 111 Å². The molecular formula is C76H132. The maximum absolute atomic E-state index is 4.04. The molecule has 10 aliphatic carbocycles. The minimum atomic E-state index is 0.472. The van der Waals surface area contributed by atoms with Crippen LogP contribution in [0.1, 0.15) is 309 Å². The highest BCUT2D eigenvalue weighted by molar-refractivity contribution is 5.15. The first-order valence-electron chi connectivity index (χ1n) is 32.1. The van der Waals surface area contributed by atoms with Crippen molar-refractivity contribution >= 4 is 0 Å². The van der Waals surface area contributed by atoms with Crippen LogP contribution in [0.25, 0.3) is 0 Å². The van der Waals surface area contributed by atoms with Gasteiger partial charge in [0.05, 0.1) is 0 Å². The van der Waals surface area contributed by atoms with Crippen molar-refractivity contribution in [1.82, 2.24) is 0 Å². The SMILES string of the molecule is C=C(C)C1(C)CC1.C=C(C)C1(C)CCC(C)C1.C=C(C)C1(C)CCC1.C=C(C)C1(C)CCCC1.C=CC1(C)CC1.C=CC1(C)CCC(C)C1.C=CC1(C)CCC1.C=CC1(C)CCCC1.CC1(C=C2CCCC2)CCCC1. The van der Waals surface area contributed by atoms with E-state index in [-0.39, 0.29) is 0 Å². The van der Waals surface area contributed by atoms with E-state index in [1.165, 1.54) is 228 Å². The highest BCUT2D eigenvalue weighted by atomic mass is 14.4. The van der Waals surface area contributed by atoms with Crippen LogP contribution >= 0.6 is 0 Å². The fourth-order valence-corrected chi connectivity index (χ4v) is 12.5. The van der Waals surface area contributed by atoms with Crippen LogP contribution in [0.4, 0.5) is 0 Å². The monoisotopic (exact) mass is 1050 g/mol. The molecule has 0 aromatic rings. The Labute approximate surface area is 478 Å². The Kier molecular flexibility index (Phi) is 28.5. The number of hydrogen-bond donors (Lipinski definition) is 0. The molecule has 0 aromatic carbocycles. The molecule has 76 heavy (non-hydrogen) atoms. The quantitative estimate of drug-likeness (QED) is 0.202. The molecule has 10 aliphatic rings. The first kappa shape index (κ1) is 69.8. The van der Waals surface area contributed by atoms with Crippen LogP contribution in [0, 0.1) is 60.6 Å². The van der Waals surface area contributed by atoms with Gasteiger partial charge in [0, 0.05) is 0 Å². The van der Waals surface area contributed by atoms with E-state index in [0.29, 0.717) is 48.7 Å². The maximum atomic E-state index is 4.04. The molecule has 0 saturated heterocycles. The standard InChI is InChI=1S/C12H20.C10H18.2C9H16.2C8H14.2C7H12.C6H10/c1-12(8-4-5-9-12)10-11-6-2-3-7-11;1-8(2)10(4)6-5-9(3)7-10;1-8(2)9(3)6-4-5-7-9;1-4-9(3)6-5-8(2)7-9;1-7(2)8(3)5-4-6-8;1-3-8(2)6-4-5-7-8;1-6(2)7(3)4-5-7;1-3-7(2)5-4-6-7;1-3-6(2)4-5-6/h10H,2-9H2,1H3;9H,1,5-7H2,2-4H3;1,4-7H2,2-3H3;4,8H,1,5-7H2,2-3H3;1,4-6H2,2-3H3;3H,1,4-7H2,2H3;1,4-5H2,2-3H3;3H,1,4-6H2,2H3;3H,1,4-5H2,2H3. The molecule has 0 heterocycles. The topological polar surface area (TPSA) is 0 Å². The van der Waals surface area contributed by atoms with Gasteiger partial charge in [0.1, 0.15) is 0 Å². The molecule has 0 heteroatoms. The maximum Gasteiger partial charge on any atom is -0.0119 e. The van der Waals surface area contributed by atoms with Crippen LogP contribution in [0.5, 0.6) is 0 Å². The number of rotatable bonds is 9. The highest BCUT2D eigenvalue weighted by Crippen LogP contribution is 2.51. The van der Waals surface area contributed by atoms with E-state index in [2.05, 4.69) is 181 Å². The molecule has 0 amide bonds. The summed E-state index contributed by atoms with van der Waals surface area (Å²) in [6, 6.07) is 0. The van der Waals surface area contributed by atoms with Gasteiger partial charge in [-0.2, -0.15) is 0 Å². The Morgan fingerprint density at radius 3 is 0.816 bits per heavy atom. The second kappa shape index (κ2) is 31.0. The summed E-state index contributed by atoms with van der Waals surface area (Å²) in [6.07, 6.45) is 55.4. The largest absolute Gasteiger partial charge is 0.103 e. The molecule has 10 saturated carbocycles. The van der Waals surface area contributed by atoms with E-state index < -0.39 is 0 Å².